The van der Waals surface area contributed by atoms with Gasteiger partial charge in [0, 0.05) is 4.88 Å². The molecule has 2 aromatic rings. The fourth-order valence-corrected chi connectivity index (χ4v) is 4.61. The van der Waals surface area contributed by atoms with Crippen molar-refractivity contribution < 1.29 is 36.3 Å². The Balaban J connectivity index is 0.00000289. The van der Waals surface area contributed by atoms with E-state index in [0.717, 1.165) is 54.0 Å². The van der Waals surface area contributed by atoms with Crippen LogP contribution in [-0.2, 0) is 9.53 Å². The number of hydrogen-bond donors (Lipinski definition) is 3. The zero-order valence-electron chi connectivity index (χ0n) is 17.9. The summed E-state index contributed by atoms with van der Waals surface area (Å²) in [4.78, 5) is 30.8. The van der Waals surface area contributed by atoms with E-state index < -0.39 is 18.6 Å². The average molecular weight is 480 g/mol. The molecule has 1 fully saturated rings. The summed E-state index contributed by atoms with van der Waals surface area (Å²) in [5.74, 6) is -0.141. The molecule has 0 saturated carbocycles. The smallest absolute Gasteiger partial charge is 0.411 e. The molecule has 11 heteroatoms. The summed E-state index contributed by atoms with van der Waals surface area (Å²) in [6.07, 6.45) is -0.710. The molecule has 0 spiro atoms. The molecule has 9 nitrogen and oxygen atoms in total. The number of carboxylic acid groups (broad SMARTS) is 1. The highest BCUT2D eigenvalue weighted by molar-refractivity contribution is 7.16. The van der Waals surface area contributed by atoms with Crippen LogP contribution in [0.4, 0.5) is 21.2 Å². The standard InChI is InChI=1S/C21H25N5O4S.ClH/c1-14-11-15-19(23-16-5-3-4-6-17(16)24-20(15)31-14)25-7-9-26(2,10-8-25)13-30-21(29)22-12-18(27)28;/h3-6,11H,7-10,12-13H2,1-2H3,(H2-,22,23,24,27,28,29);1H. The quantitative estimate of drug-likeness (QED) is 0.521. The second-order valence-electron chi connectivity index (χ2n) is 8.04. The molecule has 0 aliphatic carbocycles. The maximum Gasteiger partial charge on any atom is 0.411 e. The van der Waals surface area contributed by atoms with Gasteiger partial charge in [-0.2, -0.15) is 0 Å². The van der Waals surface area contributed by atoms with Gasteiger partial charge < -0.3 is 37.8 Å². The Kier molecular flexibility index (Phi) is 7.27. The number of anilines is 2. The predicted octanol–water partition coefficient (Wildman–Crippen LogP) is -0.274. The number of piperazine rings is 1. The number of carboxylic acids is 1. The molecule has 1 aromatic carbocycles. The van der Waals surface area contributed by atoms with Crippen LogP contribution in [0.2, 0.25) is 0 Å². The fraction of sp³-hybridized carbons (Fsp3) is 0.381. The van der Waals surface area contributed by atoms with Crippen molar-refractivity contribution in [3.05, 3.63) is 40.8 Å². The van der Waals surface area contributed by atoms with Gasteiger partial charge in [-0.1, -0.05) is 12.1 Å². The van der Waals surface area contributed by atoms with Crippen molar-refractivity contribution in [1.29, 1.82) is 0 Å². The number of quaternary nitrogens is 1. The van der Waals surface area contributed by atoms with E-state index in [1.807, 2.05) is 31.3 Å². The zero-order chi connectivity index (χ0) is 22.0. The third kappa shape index (κ3) is 5.32. The number of aliphatic imine (C=N–C) groups is 1. The molecule has 2 aliphatic rings. The SMILES string of the molecule is Cc1cc2c(s1)Nc1ccccc1N=C2N1CC[N+](C)(COC(=O)NCC(=O)O)CC1.[Cl-]. The van der Waals surface area contributed by atoms with Crippen molar-refractivity contribution in [3.8, 4) is 0 Å². The van der Waals surface area contributed by atoms with Gasteiger partial charge in [-0.25, -0.2) is 9.79 Å². The summed E-state index contributed by atoms with van der Waals surface area (Å²) in [5, 5.41) is 15.5. The Bertz CT molecular complexity index is 1030. The van der Waals surface area contributed by atoms with E-state index in [1.165, 1.54) is 4.88 Å². The van der Waals surface area contributed by atoms with Crippen molar-refractivity contribution in [1.82, 2.24) is 10.2 Å². The lowest BCUT2D eigenvalue weighted by Gasteiger charge is -2.42. The number of para-hydroxylation sites is 2. The number of aliphatic carboxylic acids is 1. The lowest BCUT2D eigenvalue weighted by molar-refractivity contribution is -0.928. The van der Waals surface area contributed by atoms with Crippen LogP contribution in [0, 0.1) is 6.92 Å². The van der Waals surface area contributed by atoms with Gasteiger partial charge in [0.2, 0.25) is 6.73 Å². The van der Waals surface area contributed by atoms with Gasteiger partial charge in [-0.15, -0.1) is 11.3 Å². The first-order valence-corrected chi connectivity index (χ1v) is 10.9. The number of nitrogens with one attached hydrogen (secondary N) is 2. The normalized spacial score (nSPS) is 16.3. The van der Waals surface area contributed by atoms with Gasteiger partial charge >= 0.3 is 12.1 Å². The number of amides is 1. The van der Waals surface area contributed by atoms with Crippen molar-refractivity contribution >= 4 is 45.6 Å². The number of aryl methyl sites for hydroxylation is 1. The Morgan fingerprint density at radius 3 is 2.75 bits per heavy atom. The number of ether oxygens (including phenoxy) is 1. The van der Waals surface area contributed by atoms with Crippen LogP contribution < -0.4 is 23.0 Å². The van der Waals surface area contributed by atoms with Crippen molar-refractivity contribution in [2.75, 3.05) is 51.8 Å². The van der Waals surface area contributed by atoms with Crippen LogP contribution in [0.1, 0.15) is 10.4 Å². The van der Waals surface area contributed by atoms with E-state index in [0.29, 0.717) is 4.48 Å². The molecule has 4 rings (SSSR count). The van der Waals surface area contributed by atoms with Crippen molar-refractivity contribution in [3.63, 3.8) is 0 Å². The molecular weight excluding hydrogens is 454 g/mol. The molecule has 0 radical (unpaired) electrons. The number of alkyl carbamates (subject to hydrolysis) is 1. The van der Waals surface area contributed by atoms with Gasteiger partial charge in [-0.3, -0.25) is 9.28 Å². The van der Waals surface area contributed by atoms with E-state index in [-0.39, 0.29) is 19.1 Å². The molecule has 1 amide bonds. The number of fused-ring (bicyclic) bond motifs is 2. The fourth-order valence-electron chi connectivity index (χ4n) is 3.69. The second-order valence-corrected chi connectivity index (χ2v) is 9.30. The minimum Gasteiger partial charge on any atom is -1.00 e. The number of amidine groups is 1. The van der Waals surface area contributed by atoms with E-state index in [9.17, 15) is 9.59 Å². The monoisotopic (exact) mass is 479 g/mol. The van der Waals surface area contributed by atoms with E-state index >= 15 is 0 Å². The number of hydrogen-bond acceptors (Lipinski definition) is 7. The molecule has 0 bridgehead atoms. The van der Waals surface area contributed by atoms with Gasteiger partial charge in [0.15, 0.2) is 0 Å². The maximum absolute atomic E-state index is 11.7. The zero-order valence-corrected chi connectivity index (χ0v) is 19.5. The molecule has 172 valence electrons. The van der Waals surface area contributed by atoms with E-state index in [2.05, 4.69) is 28.5 Å². The first-order chi connectivity index (χ1) is 14.8. The number of rotatable bonds is 4. The van der Waals surface area contributed by atoms with Gasteiger partial charge in [0.25, 0.3) is 0 Å². The predicted molar refractivity (Wildman–Crippen MR) is 119 cm³/mol. The summed E-state index contributed by atoms with van der Waals surface area (Å²) in [7, 11) is 2.04. The Morgan fingerprint density at radius 2 is 2.03 bits per heavy atom. The first kappa shape index (κ1) is 23.8. The summed E-state index contributed by atoms with van der Waals surface area (Å²) in [6, 6.07) is 10.2. The number of carbonyl (C=O) groups is 2. The number of nitrogens with zero attached hydrogens (tertiary/aromatic N) is 3. The number of halogens is 1. The molecule has 2 aliphatic heterocycles. The molecule has 0 atom stereocenters. The summed E-state index contributed by atoms with van der Waals surface area (Å²) in [6.45, 7) is 4.93. The Morgan fingerprint density at radius 1 is 1.31 bits per heavy atom. The van der Waals surface area contributed by atoms with Crippen LogP contribution in [-0.4, -0.2) is 78.9 Å². The van der Waals surface area contributed by atoms with Crippen LogP contribution in [0.25, 0.3) is 0 Å². The molecule has 32 heavy (non-hydrogen) atoms. The molecule has 3 N–H and O–H groups in total. The Labute approximate surface area is 196 Å². The van der Waals surface area contributed by atoms with Crippen molar-refractivity contribution in [2.45, 2.75) is 6.92 Å². The topological polar surface area (TPSA) is 103 Å². The third-order valence-corrected chi connectivity index (χ3v) is 6.45. The average Bonchev–Trinajstić information content (AvgIpc) is 3.03. The summed E-state index contributed by atoms with van der Waals surface area (Å²) < 4.78 is 5.81. The first-order valence-electron chi connectivity index (χ1n) is 10.1. The molecule has 1 aromatic heterocycles. The number of benzene rings is 1. The van der Waals surface area contributed by atoms with Crippen LogP contribution in [0.15, 0.2) is 35.3 Å². The van der Waals surface area contributed by atoms with Crippen LogP contribution >= 0.6 is 11.3 Å². The molecule has 0 unspecified atom stereocenters. The minimum absolute atomic E-state index is 0. The molecule has 3 heterocycles. The van der Waals surface area contributed by atoms with E-state index in [4.69, 9.17) is 14.8 Å². The summed E-state index contributed by atoms with van der Waals surface area (Å²) in [5.41, 5.74) is 3.03. The number of thiophene rings is 1. The number of carbonyl (C=O) groups excluding carboxylic acids is 1. The second kappa shape index (κ2) is 9.76. The van der Waals surface area contributed by atoms with Crippen molar-refractivity contribution in [2.24, 2.45) is 4.99 Å². The number of likely N-dealkylation sites (N-methyl/N-ethyl adjacent to an activating group) is 1. The van der Waals surface area contributed by atoms with E-state index in [1.54, 1.807) is 11.3 Å². The minimum atomic E-state index is -1.10. The van der Waals surface area contributed by atoms with Gasteiger partial charge in [0.1, 0.15) is 17.4 Å². The summed E-state index contributed by atoms with van der Waals surface area (Å²) >= 11 is 1.72. The third-order valence-electron chi connectivity index (χ3n) is 5.49. The molecular formula is C21H26ClN5O4S. The maximum atomic E-state index is 11.7. The lowest BCUT2D eigenvalue weighted by atomic mass is 10.2. The highest BCUT2D eigenvalue weighted by Crippen LogP contribution is 2.39. The lowest BCUT2D eigenvalue weighted by Crippen LogP contribution is -3.00. The molecule has 1 saturated heterocycles. The highest BCUT2D eigenvalue weighted by Gasteiger charge is 2.33. The van der Waals surface area contributed by atoms with Crippen LogP contribution in [0.3, 0.4) is 0 Å². The van der Waals surface area contributed by atoms with Gasteiger partial charge in [0.05, 0.1) is 50.2 Å². The highest BCUT2D eigenvalue weighted by atomic mass is 35.5. The van der Waals surface area contributed by atoms with Crippen LogP contribution in [0.5, 0.6) is 0 Å². The largest absolute Gasteiger partial charge is 1.00 e. The Hall–Kier alpha value is -2.82. The van der Waals surface area contributed by atoms with Gasteiger partial charge in [-0.05, 0) is 25.1 Å².